The van der Waals surface area contributed by atoms with Gasteiger partial charge in [-0.2, -0.15) is 10.1 Å². The third-order valence-electron chi connectivity index (χ3n) is 5.45. The monoisotopic (exact) mass is 398 g/mol. The summed E-state index contributed by atoms with van der Waals surface area (Å²) in [4.78, 5) is 30.7. The maximum absolute atomic E-state index is 14.0. The summed E-state index contributed by atoms with van der Waals surface area (Å²) in [7, 11) is 0. The second-order valence-corrected chi connectivity index (χ2v) is 7.24. The van der Waals surface area contributed by atoms with Crippen molar-refractivity contribution in [1.29, 1.82) is 0 Å². The molecule has 3 aromatic rings. The molecule has 29 heavy (non-hydrogen) atoms. The molecule has 1 atom stereocenters. The maximum Gasteiger partial charge on any atom is 0.300 e. The van der Waals surface area contributed by atoms with E-state index in [4.69, 9.17) is 0 Å². The van der Waals surface area contributed by atoms with Crippen LogP contribution in [0.15, 0.2) is 41.2 Å². The average Bonchev–Trinajstić information content (AvgIpc) is 3.00. The molecule has 1 amide bonds. The molecule has 0 saturated carbocycles. The van der Waals surface area contributed by atoms with Gasteiger partial charge >= 0.3 is 0 Å². The van der Waals surface area contributed by atoms with Crippen molar-refractivity contribution in [2.45, 2.75) is 25.4 Å². The molecule has 1 saturated heterocycles. The third kappa shape index (κ3) is 2.36. The lowest BCUT2D eigenvalue weighted by atomic mass is 10.0. The average molecular weight is 398 g/mol. The summed E-state index contributed by atoms with van der Waals surface area (Å²) in [6.45, 7) is 1.72. The van der Waals surface area contributed by atoms with E-state index in [1.165, 1.54) is 33.8 Å². The van der Waals surface area contributed by atoms with Crippen molar-refractivity contribution in [2.75, 3.05) is 4.90 Å². The number of anilines is 1. The van der Waals surface area contributed by atoms with E-state index in [9.17, 15) is 22.8 Å². The highest BCUT2D eigenvalue weighted by Gasteiger charge is 2.50. The second-order valence-electron chi connectivity index (χ2n) is 7.24. The SMILES string of the molecule is C[C@]12CCC(=O)N1c1cc(F)c(F)cc1-c1nc(=O)c(-c3ccc(F)cc3)nn12. The Labute approximate surface area is 162 Å². The molecule has 5 rings (SSSR count). The van der Waals surface area contributed by atoms with E-state index in [0.717, 1.165) is 12.1 Å². The number of nitrogens with zero attached hydrogens (tertiary/aromatic N) is 4. The number of aromatic nitrogens is 3. The van der Waals surface area contributed by atoms with Gasteiger partial charge in [-0.15, -0.1) is 0 Å². The summed E-state index contributed by atoms with van der Waals surface area (Å²) in [5.41, 5.74) is -1.15. The number of hydrogen-bond acceptors (Lipinski definition) is 4. The van der Waals surface area contributed by atoms with Crippen LogP contribution in [0.5, 0.6) is 0 Å². The molecule has 1 fully saturated rings. The van der Waals surface area contributed by atoms with Crippen molar-refractivity contribution in [2.24, 2.45) is 0 Å². The van der Waals surface area contributed by atoms with Crippen LogP contribution in [0.4, 0.5) is 18.9 Å². The van der Waals surface area contributed by atoms with Crippen molar-refractivity contribution >= 4 is 11.6 Å². The molecule has 0 radical (unpaired) electrons. The number of carbonyl (C=O) groups is 1. The Morgan fingerprint density at radius 3 is 2.45 bits per heavy atom. The summed E-state index contributed by atoms with van der Waals surface area (Å²) in [5.74, 6) is -2.91. The van der Waals surface area contributed by atoms with Gasteiger partial charge in [-0.1, -0.05) is 0 Å². The number of amides is 1. The maximum atomic E-state index is 14.0. The molecule has 0 unspecified atom stereocenters. The fourth-order valence-electron chi connectivity index (χ4n) is 4.02. The van der Waals surface area contributed by atoms with Crippen LogP contribution in [-0.4, -0.2) is 20.7 Å². The molecule has 0 N–H and O–H groups in total. The van der Waals surface area contributed by atoms with Crippen LogP contribution in [0, 0.1) is 17.5 Å². The molecule has 3 heterocycles. The molecule has 2 aromatic carbocycles. The van der Waals surface area contributed by atoms with Gasteiger partial charge in [0.25, 0.3) is 5.56 Å². The van der Waals surface area contributed by atoms with E-state index in [1.807, 2.05) is 0 Å². The molecular weight excluding hydrogens is 385 g/mol. The van der Waals surface area contributed by atoms with Crippen LogP contribution in [0.2, 0.25) is 0 Å². The van der Waals surface area contributed by atoms with Gasteiger partial charge in [0.15, 0.2) is 23.2 Å². The van der Waals surface area contributed by atoms with E-state index in [2.05, 4.69) is 10.1 Å². The van der Waals surface area contributed by atoms with Crippen LogP contribution in [-0.2, 0) is 10.5 Å². The van der Waals surface area contributed by atoms with Gasteiger partial charge in [0, 0.05) is 30.0 Å². The van der Waals surface area contributed by atoms with Crippen molar-refractivity contribution < 1.29 is 18.0 Å². The first-order valence-corrected chi connectivity index (χ1v) is 8.90. The molecule has 0 aliphatic carbocycles. The van der Waals surface area contributed by atoms with Crippen molar-refractivity contribution in [3.05, 3.63) is 64.2 Å². The topological polar surface area (TPSA) is 68.1 Å². The van der Waals surface area contributed by atoms with E-state index in [1.54, 1.807) is 6.92 Å². The Hall–Kier alpha value is -3.49. The Morgan fingerprint density at radius 2 is 1.72 bits per heavy atom. The minimum absolute atomic E-state index is 0.0275. The lowest BCUT2D eigenvalue weighted by Gasteiger charge is -2.42. The zero-order chi connectivity index (χ0) is 20.5. The van der Waals surface area contributed by atoms with Gasteiger partial charge in [-0.25, -0.2) is 17.9 Å². The van der Waals surface area contributed by atoms with Crippen molar-refractivity contribution in [3.8, 4) is 22.6 Å². The minimum Gasteiger partial charge on any atom is -0.286 e. The fourth-order valence-corrected chi connectivity index (χ4v) is 4.02. The molecule has 146 valence electrons. The third-order valence-corrected chi connectivity index (χ3v) is 5.45. The lowest BCUT2D eigenvalue weighted by molar-refractivity contribution is -0.117. The summed E-state index contributed by atoms with van der Waals surface area (Å²) < 4.78 is 42.6. The molecule has 0 bridgehead atoms. The van der Waals surface area contributed by atoms with E-state index in [-0.39, 0.29) is 35.1 Å². The fraction of sp³-hybridized carbons (Fsp3) is 0.200. The zero-order valence-corrected chi connectivity index (χ0v) is 15.1. The van der Waals surface area contributed by atoms with Crippen LogP contribution < -0.4 is 10.5 Å². The van der Waals surface area contributed by atoms with Crippen LogP contribution in [0.3, 0.4) is 0 Å². The van der Waals surface area contributed by atoms with Crippen molar-refractivity contribution in [1.82, 2.24) is 14.8 Å². The highest BCUT2D eigenvalue weighted by molar-refractivity contribution is 6.01. The lowest BCUT2D eigenvalue weighted by Crippen LogP contribution is -2.51. The Balaban J connectivity index is 1.83. The first-order chi connectivity index (χ1) is 13.8. The summed E-state index contributed by atoms with van der Waals surface area (Å²) >= 11 is 0. The highest BCUT2D eigenvalue weighted by Crippen LogP contribution is 2.48. The summed E-state index contributed by atoms with van der Waals surface area (Å²) in [5, 5.41) is 4.42. The van der Waals surface area contributed by atoms with Crippen LogP contribution in [0.1, 0.15) is 19.8 Å². The predicted octanol–water partition coefficient (Wildman–Crippen LogP) is 3.20. The van der Waals surface area contributed by atoms with Crippen LogP contribution in [0.25, 0.3) is 22.6 Å². The van der Waals surface area contributed by atoms with Gasteiger partial charge < -0.3 is 0 Å². The van der Waals surface area contributed by atoms with Crippen LogP contribution >= 0.6 is 0 Å². The first kappa shape index (κ1) is 17.6. The number of carbonyl (C=O) groups excluding carboxylic acids is 1. The number of hydrogen-bond donors (Lipinski definition) is 0. The largest absolute Gasteiger partial charge is 0.300 e. The molecule has 2 aliphatic heterocycles. The first-order valence-electron chi connectivity index (χ1n) is 8.90. The summed E-state index contributed by atoms with van der Waals surface area (Å²) in [6.07, 6.45) is 0.520. The standard InChI is InChI=1S/C20H13F3N4O2/c1-20-7-6-16(28)26(20)15-9-14(23)13(22)8-12(15)18-24-19(29)17(25-27(18)20)10-2-4-11(21)5-3-10/h2-5,8-9H,6-7H2,1H3/t20-/m0/s1. The second kappa shape index (κ2) is 5.76. The number of halogens is 3. The van der Waals surface area contributed by atoms with Gasteiger partial charge in [0.1, 0.15) is 11.5 Å². The quantitative estimate of drug-likeness (QED) is 0.631. The number of rotatable bonds is 1. The zero-order valence-electron chi connectivity index (χ0n) is 15.1. The Kier molecular flexibility index (Phi) is 3.49. The molecule has 2 aliphatic rings. The Morgan fingerprint density at radius 1 is 1.03 bits per heavy atom. The van der Waals surface area contributed by atoms with Crippen molar-refractivity contribution in [3.63, 3.8) is 0 Å². The van der Waals surface area contributed by atoms with E-state index < -0.39 is 28.7 Å². The molecule has 6 nitrogen and oxygen atoms in total. The highest BCUT2D eigenvalue weighted by atomic mass is 19.2. The Bertz CT molecular complexity index is 1260. The normalized spacial score (nSPS) is 19.7. The van der Waals surface area contributed by atoms with E-state index in [0.29, 0.717) is 12.0 Å². The molecule has 0 spiro atoms. The van der Waals surface area contributed by atoms with Gasteiger partial charge in [-0.3, -0.25) is 14.5 Å². The van der Waals surface area contributed by atoms with Gasteiger partial charge in [0.05, 0.1) is 5.69 Å². The predicted molar refractivity (Wildman–Crippen MR) is 97.4 cm³/mol. The molecule has 1 aromatic heterocycles. The summed E-state index contributed by atoms with van der Waals surface area (Å²) in [6, 6.07) is 7.05. The van der Waals surface area contributed by atoms with Gasteiger partial charge in [-0.05, 0) is 37.3 Å². The number of fused-ring (bicyclic) bond motifs is 6. The van der Waals surface area contributed by atoms with E-state index >= 15 is 0 Å². The number of benzene rings is 2. The minimum atomic E-state index is -1.12. The van der Waals surface area contributed by atoms with Gasteiger partial charge in [0.2, 0.25) is 5.91 Å². The molecular formula is C20H13F3N4O2. The smallest absolute Gasteiger partial charge is 0.286 e. The molecule has 9 heteroatoms.